The standard InChI is InChI=1S/C12H11N5S2/c1-8-14-6-9(19-8)7-17-11(15-16-12(17)18)10-4-2-3-5-13-10/h2-6H,7H2,1H3,(H,16,18). The molecule has 19 heavy (non-hydrogen) atoms. The Hall–Kier alpha value is -1.86. The van der Waals surface area contributed by atoms with Crippen molar-refractivity contribution in [3.63, 3.8) is 0 Å². The van der Waals surface area contributed by atoms with E-state index in [4.69, 9.17) is 12.2 Å². The average Bonchev–Trinajstić information content (AvgIpc) is 2.99. The molecule has 0 saturated heterocycles. The Balaban J connectivity index is 2.02. The second-order valence-electron chi connectivity index (χ2n) is 4.00. The van der Waals surface area contributed by atoms with Gasteiger partial charge in [0.05, 0.1) is 11.6 Å². The maximum Gasteiger partial charge on any atom is 0.195 e. The lowest BCUT2D eigenvalue weighted by atomic mass is 10.3. The van der Waals surface area contributed by atoms with Crippen LogP contribution in [0.1, 0.15) is 9.88 Å². The van der Waals surface area contributed by atoms with Gasteiger partial charge in [0.2, 0.25) is 0 Å². The van der Waals surface area contributed by atoms with Gasteiger partial charge in [-0.2, -0.15) is 5.10 Å². The van der Waals surface area contributed by atoms with Gasteiger partial charge in [-0.3, -0.25) is 14.6 Å². The lowest BCUT2D eigenvalue weighted by Crippen LogP contribution is -2.01. The van der Waals surface area contributed by atoms with E-state index in [0.29, 0.717) is 11.3 Å². The SMILES string of the molecule is Cc1ncc(Cn2c(-c3ccccn3)n[nH]c2=S)s1. The van der Waals surface area contributed by atoms with Gasteiger partial charge in [0.25, 0.3) is 0 Å². The van der Waals surface area contributed by atoms with E-state index in [1.165, 1.54) is 0 Å². The first-order valence-corrected chi connectivity index (χ1v) is 6.94. The first kappa shape index (κ1) is 12.2. The zero-order chi connectivity index (χ0) is 13.2. The number of aromatic nitrogens is 5. The largest absolute Gasteiger partial charge is 0.293 e. The average molecular weight is 289 g/mol. The van der Waals surface area contributed by atoms with Crippen LogP contribution in [0.2, 0.25) is 0 Å². The molecule has 0 atom stereocenters. The molecule has 3 aromatic heterocycles. The zero-order valence-electron chi connectivity index (χ0n) is 10.2. The number of aryl methyl sites for hydroxylation is 1. The van der Waals surface area contributed by atoms with E-state index in [9.17, 15) is 0 Å². The second kappa shape index (κ2) is 5.02. The van der Waals surface area contributed by atoms with Crippen LogP contribution >= 0.6 is 23.6 Å². The van der Waals surface area contributed by atoms with Gasteiger partial charge in [0, 0.05) is 17.3 Å². The predicted molar refractivity (Wildman–Crippen MR) is 76.6 cm³/mol. The molecule has 0 aliphatic rings. The fourth-order valence-corrected chi connectivity index (χ4v) is 2.77. The second-order valence-corrected chi connectivity index (χ2v) is 5.71. The number of H-pyrrole nitrogens is 1. The van der Waals surface area contributed by atoms with Crippen molar-refractivity contribution >= 4 is 23.6 Å². The lowest BCUT2D eigenvalue weighted by Gasteiger charge is -2.03. The molecule has 0 aliphatic heterocycles. The Morgan fingerprint density at radius 1 is 1.37 bits per heavy atom. The smallest absolute Gasteiger partial charge is 0.195 e. The number of aromatic amines is 1. The molecule has 0 amide bonds. The number of pyridine rings is 1. The first-order chi connectivity index (χ1) is 9.24. The van der Waals surface area contributed by atoms with Gasteiger partial charge in [0.15, 0.2) is 10.6 Å². The Bertz CT molecular complexity index is 741. The highest BCUT2D eigenvalue weighted by molar-refractivity contribution is 7.71. The molecular weight excluding hydrogens is 278 g/mol. The molecule has 3 rings (SSSR count). The number of nitrogens with one attached hydrogen (secondary N) is 1. The molecule has 0 fully saturated rings. The summed E-state index contributed by atoms with van der Waals surface area (Å²) in [6.45, 7) is 2.65. The summed E-state index contributed by atoms with van der Waals surface area (Å²) >= 11 is 6.94. The molecule has 96 valence electrons. The van der Waals surface area contributed by atoms with E-state index < -0.39 is 0 Å². The minimum Gasteiger partial charge on any atom is -0.293 e. The normalized spacial score (nSPS) is 10.8. The Morgan fingerprint density at radius 3 is 2.95 bits per heavy atom. The van der Waals surface area contributed by atoms with E-state index >= 15 is 0 Å². The van der Waals surface area contributed by atoms with Crippen LogP contribution in [0, 0.1) is 11.7 Å². The third-order valence-electron chi connectivity index (χ3n) is 2.64. The molecule has 0 unspecified atom stereocenters. The highest BCUT2D eigenvalue weighted by Crippen LogP contribution is 2.18. The summed E-state index contributed by atoms with van der Waals surface area (Å²) in [6.07, 6.45) is 3.62. The first-order valence-electron chi connectivity index (χ1n) is 5.72. The van der Waals surface area contributed by atoms with Gasteiger partial charge in [-0.25, -0.2) is 4.98 Å². The number of hydrogen-bond acceptors (Lipinski definition) is 5. The minimum absolute atomic E-state index is 0.590. The van der Waals surface area contributed by atoms with Gasteiger partial charge in [-0.1, -0.05) is 6.07 Å². The summed E-state index contributed by atoms with van der Waals surface area (Å²) in [6, 6.07) is 5.72. The van der Waals surface area contributed by atoms with Crippen molar-refractivity contribution in [1.82, 2.24) is 24.7 Å². The van der Waals surface area contributed by atoms with E-state index in [0.717, 1.165) is 21.4 Å². The Morgan fingerprint density at radius 2 is 2.26 bits per heavy atom. The molecule has 0 bridgehead atoms. The topological polar surface area (TPSA) is 59.4 Å². The van der Waals surface area contributed by atoms with Crippen molar-refractivity contribution in [1.29, 1.82) is 0 Å². The summed E-state index contributed by atoms with van der Waals surface area (Å²) in [4.78, 5) is 9.71. The van der Waals surface area contributed by atoms with E-state index in [1.807, 2.05) is 35.9 Å². The molecule has 0 saturated carbocycles. The van der Waals surface area contributed by atoms with E-state index in [1.54, 1.807) is 17.5 Å². The van der Waals surface area contributed by atoms with Crippen molar-refractivity contribution in [2.75, 3.05) is 0 Å². The summed E-state index contributed by atoms with van der Waals surface area (Å²) in [7, 11) is 0. The van der Waals surface area contributed by atoms with Crippen molar-refractivity contribution in [3.8, 4) is 11.5 Å². The van der Waals surface area contributed by atoms with Gasteiger partial charge >= 0.3 is 0 Å². The van der Waals surface area contributed by atoms with Crippen LogP contribution in [0.3, 0.4) is 0 Å². The molecule has 7 heteroatoms. The number of thiazole rings is 1. The summed E-state index contributed by atoms with van der Waals surface area (Å²) in [5.41, 5.74) is 0.802. The molecule has 0 spiro atoms. The monoisotopic (exact) mass is 289 g/mol. The molecule has 3 heterocycles. The molecule has 0 aliphatic carbocycles. The highest BCUT2D eigenvalue weighted by Gasteiger charge is 2.11. The zero-order valence-corrected chi connectivity index (χ0v) is 11.8. The molecule has 0 aromatic carbocycles. The van der Waals surface area contributed by atoms with Crippen molar-refractivity contribution < 1.29 is 0 Å². The van der Waals surface area contributed by atoms with Gasteiger partial charge in [-0.15, -0.1) is 11.3 Å². The molecular formula is C12H11N5S2. The fourth-order valence-electron chi connectivity index (χ4n) is 1.79. The van der Waals surface area contributed by atoms with Crippen LogP contribution in [-0.4, -0.2) is 24.7 Å². The number of nitrogens with zero attached hydrogens (tertiary/aromatic N) is 4. The fraction of sp³-hybridized carbons (Fsp3) is 0.167. The lowest BCUT2D eigenvalue weighted by molar-refractivity contribution is 0.798. The maximum atomic E-state index is 5.28. The molecule has 0 radical (unpaired) electrons. The van der Waals surface area contributed by atoms with Gasteiger partial charge in [-0.05, 0) is 31.3 Å². The van der Waals surface area contributed by atoms with Crippen LogP contribution in [0.25, 0.3) is 11.5 Å². The Labute approximate surface area is 119 Å². The minimum atomic E-state index is 0.590. The summed E-state index contributed by atoms with van der Waals surface area (Å²) in [5, 5.41) is 8.12. The number of hydrogen-bond donors (Lipinski definition) is 1. The van der Waals surface area contributed by atoms with Gasteiger partial charge < -0.3 is 0 Å². The van der Waals surface area contributed by atoms with E-state index in [-0.39, 0.29) is 0 Å². The van der Waals surface area contributed by atoms with Crippen LogP contribution in [-0.2, 0) is 6.54 Å². The van der Waals surface area contributed by atoms with Gasteiger partial charge in [0.1, 0.15) is 5.69 Å². The summed E-state index contributed by atoms with van der Waals surface area (Å²) < 4.78 is 2.52. The third kappa shape index (κ3) is 2.47. The van der Waals surface area contributed by atoms with Crippen molar-refractivity contribution in [2.45, 2.75) is 13.5 Å². The maximum absolute atomic E-state index is 5.28. The van der Waals surface area contributed by atoms with Crippen LogP contribution in [0.15, 0.2) is 30.6 Å². The van der Waals surface area contributed by atoms with Crippen LogP contribution in [0.5, 0.6) is 0 Å². The van der Waals surface area contributed by atoms with Crippen LogP contribution < -0.4 is 0 Å². The number of rotatable bonds is 3. The molecule has 3 aromatic rings. The molecule has 1 N–H and O–H groups in total. The van der Waals surface area contributed by atoms with Crippen molar-refractivity contribution in [2.24, 2.45) is 0 Å². The summed E-state index contributed by atoms with van der Waals surface area (Å²) in [5.74, 6) is 0.747. The van der Waals surface area contributed by atoms with Crippen molar-refractivity contribution in [3.05, 3.63) is 45.2 Å². The van der Waals surface area contributed by atoms with E-state index in [2.05, 4.69) is 20.2 Å². The quantitative estimate of drug-likeness (QED) is 0.753. The van der Waals surface area contributed by atoms with Crippen LogP contribution in [0.4, 0.5) is 0 Å². The Kier molecular flexibility index (Phi) is 3.22. The predicted octanol–water partition coefficient (Wildman–Crippen LogP) is 2.82. The third-order valence-corrected chi connectivity index (χ3v) is 3.84. The highest BCUT2D eigenvalue weighted by atomic mass is 32.1. The molecule has 5 nitrogen and oxygen atoms in total.